The first kappa shape index (κ1) is 13.4. The van der Waals surface area contributed by atoms with Crippen molar-refractivity contribution in [2.75, 3.05) is 11.1 Å². The predicted octanol–water partition coefficient (Wildman–Crippen LogP) is 3.72. The predicted molar refractivity (Wildman–Crippen MR) is 85.6 cm³/mol. The van der Waals surface area contributed by atoms with Gasteiger partial charge in [-0.1, -0.05) is 23.7 Å². The van der Waals surface area contributed by atoms with E-state index in [4.69, 9.17) is 17.3 Å². The first-order valence-electron chi connectivity index (χ1n) is 6.34. The fourth-order valence-electron chi connectivity index (χ4n) is 2.13. The van der Waals surface area contributed by atoms with Crippen molar-refractivity contribution in [1.82, 2.24) is 4.98 Å². The van der Waals surface area contributed by atoms with E-state index in [0.717, 1.165) is 10.8 Å². The van der Waals surface area contributed by atoms with Crippen LogP contribution in [0.5, 0.6) is 0 Å². The largest absolute Gasteiger partial charge is 0.399 e. The maximum Gasteiger partial charge on any atom is 0.257 e. The summed E-state index contributed by atoms with van der Waals surface area (Å²) >= 11 is 6.05. The van der Waals surface area contributed by atoms with Crippen molar-refractivity contribution in [3.05, 3.63) is 65.4 Å². The van der Waals surface area contributed by atoms with Crippen LogP contribution in [-0.4, -0.2) is 10.9 Å². The van der Waals surface area contributed by atoms with Gasteiger partial charge in [0.2, 0.25) is 0 Å². The van der Waals surface area contributed by atoms with Crippen molar-refractivity contribution < 1.29 is 4.79 Å². The van der Waals surface area contributed by atoms with E-state index in [0.29, 0.717) is 22.0 Å². The van der Waals surface area contributed by atoms with Crippen LogP contribution in [0.3, 0.4) is 0 Å². The molecule has 0 saturated heterocycles. The molecule has 0 atom stereocenters. The highest BCUT2D eigenvalue weighted by molar-refractivity contribution is 6.34. The molecule has 3 N–H and O–H groups in total. The molecule has 0 saturated carbocycles. The molecule has 1 amide bonds. The molecular weight excluding hydrogens is 286 g/mol. The quantitative estimate of drug-likeness (QED) is 0.708. The summed E-state index contributed by atoms with van der Waals surface area (Å²) in [5.41, 5.74) is 7.22. The number of carbonyl (C=O) groups is 1. The number of halogens is 1. The summed E-state index contributed by atoms with van der Waals surface area (Å²) in [6.07, 6.45) is 3.43. The molecule has 0 spiro atoms. The highest BCUT2D eigenvalue weighted by atomic mass is 35.5. The van der Waals surface area contributed by atoms with Crippen molar-refractivity contribution in [1.29, 1.82) is 0 Å². The van der Waals surface area contributed by atoms with Crippen molar-refractivity contribution in [3.63, 3.8) is 0 Å². The van der Waals surface area contributed by atoms with Crippen LogP contribution in [0, 0.1) is 0 Å². The fraction of sp³-hybridized carbons (Fsp3) is 0. The molecule has 0 fully saturated rings. The smallest absolute Gasteiger partial charge is 0.257 e. The van der Waals surface area contributed by atoms with Crippen LogP contribution >= 0.6 is 11.6 Å². The molecule has 4 nitrogen and oxygen atoms in total. The maximum atomic E-state index is 12.4. The van der Waals surface area contributed by atoms with Crippen molar-refractivity contribution >= 4 is 39.7 Å². The van der Waals surface area contributed by atoms with Crippen LogP contribution in [0.25, 0.3) is 10.8 Å². The number of nitrogens with one attached hydrogen (secondary N) is 1. The SMILES string of the molecule is Nc1ccc(Cl)c(C(=O)Nc2cccc3ccncc23)c1. The van der Waals surface area contributed by atoms with Crippen molar-refractivity contribution in [3.8, 4) is 0 Å². The maximum absolute atomic E-state index is 12.4. The molecular formula is C16H12ClN3O. The summed E-state index contributed by atoms with van der Waals surface area (Å²) in [6, 6.07) is 12.4. The molecule has 1 heterocycles. The first-order chi connectivity index (χ1) is 10.1. The lowest BCUT2D eigenvalue weighted by molar-refractivity contribution is 0.102. The van der Waals surface area contributed by atoms with E-state index in [1.54, 1.807) is 30.6 Å². The van der Waals surface area contributed by atoms with Crippen LogP contribution in [0.4, 0.5) is 11.4 Å². The van der Waals surface area contributed by atoms with E-state index in [2.05, 4.69) is 10.3 Å². The highest BCUT2D eigenvalue weighted by Crippen LogP contribution is 2.24. The molecule has 0 bridgehead atoms. The molecule has 0 radical (unpaired) electrons. The van der Waals surface area contributed by atoms with E-state index in [1.165, 1.54) is 0 Å². The topological polar surface area (TPSA) is 68.0 Å². The number of benzene rings is 2. The summed E-state index contributed by atoms with van der Waals surface area (Å²) in [7, 11) is 0. The van der Waals surface area contributed by atoms with Crippen molar-refractivity contribution in [2.24, 2.45) is 0 Å². The molecule has 0 aliphatic carbocycles. The van der Waals surface area contributed by atoms with Crippen LogP contribution in [0.15, 0.2) is 54.9 Å². The van der Waals surface area contributed by atoms with E-state index in [9.17, 15) is 4.79 Å². The van der Waals surface area contributed by atoms with Gasteiger partial charge in [0.1, 0.15) is 0 Å². The normalized spacial score (nSPS) is 10.5. The minimum absolute atomic E-state index is 0.302. The molecule has 0 unspecified atom stereocenters. The zero-order valence-electron chi connectivity index (χ0n) is 11.0. The molecule has 3 rings (SSSR count). The lowest BCUT2D eigenvalue weighted by Gasteiger charge is -2.10. The van der Waals surface area contributed by atoms with E-state index >= 15 is 0 Å². The lowest BCUT2D eigenvalue weighted by Crippen LogP contribution is -2.13. The Bertz CT molecular complexity index is 827. The summed E-state index contributed by atoms with van der Waals surface area (Å²) in [6.45, 7) is 0. The van der Waals surface area contributed by atoms with Crippen LogP contribution in [0.1, 0.15) is 10.4 Å². The van der Waals surface area contributed by atoms with E-state index in [-0.39, 0.29) is 5.91 Å². The van der Waals surface area contributed by atoms with Gasteiger partial charge in [-0.05, 0) is 35.7 Å². The van der Waals surface area contributed by atoms with Gasteiger partial charge >= 0.3 is 0 Å². The Hall–Kier alpha value is -2.59. The fourth-order valence-corrected chi connectivity index (χ4v) is 2.33. The third-order valence-corrected chi connectivity index (χ3v) is 3.50. The number of amides is 1. The number of nitrogens with zero attached hydrogens (tertiary/aromatic N) is 1. The van der Waals surface area contributed by atoms with Gasteiger partial charge in [0.05, 0.1) is 16.3 Å². The Morgan fingerprint density at radius 3 is 2.90 bits per heavy atom. The summed E-state index contributed by atoms with van der Waals surface area (Å²) in [4.78, 5) is 16.4. The Balaban J connectivity index is 1.99. The van der Waals surface area contributed by atoms with Gasteiger partial charge in [0.15, 0.2) is 0 Å². The van der Waals surface area contributed by atoms with Crippen molar-refractivity contribution in [2.45, 2.75) is 0 Å². The molecule has 3 aromatic rings. The first-order valence-corrected chi connectivity index (χ1v) is 6.72. The van der Waals surface area contributed by atoms with E-state index < -0.39 is 0 Å². The molecule has 2 aromatic carbocycles. The lowest BCUT2D eigenvalue weighted by atomic mass is 10.1. The zero-order chi connectivity index (χ0) is 14.8. The number of aromatic nitrogens is 1. The monoisotopic (exact) mass is 297 g/mol. The van der Waals surface area contributed by atoms with E-state index in [1.807, 2.05) is 24.3 Å². The number of fused-ring (bicyclic) bond motifs is 1. The number of nitrogen functional groups attached to an aromatic ring is 1. The third-order valence-electron chi connectivity index (χ3n) is 3.17. The van der Waals surface area contributed by atoms with Gasteiger partial charge in [-0.25, -0.2) is 0 Å². The Morgan fingerprint density at radius 1 is 1.19 bits per heavy atom. The standard InChI is InChI=1S/C16H12ClN3O/c17-14-5-4-11(18)8-12(14)16(21)20-15-3-1-2-10-6-7-19-9-13(10)15/h1-9H,18H2,(H,20,21). The number of nitrogens with two attached hydrogens (primary N) is 1. The summed E-state index contributed by atoms with van der Waals surface area (Å²) < 4.78 is 0. The number of hydrogen-bond acceptors (Lipinski definition) is 3. The average Bonchev–Trinajstić information content (AvgIpc) is 2.50. The van der Waals surface area contributed by atoms with Gasteiger partial charge in [-0.15, -0.1) is 0 Å². The second-order valence-corrected chi connectivity index (χ2v) is 5.00. The van der Waals surface area contributed by atoms with Gasteiger partial charge in [0.25, 0.3) is 5.91 Å². The number of pyridine rings is 1. The molecule has 5 heteroatoms. The number of anilines is 2. The Morgan fingerprint density at radius 2 is 2.05 bits per heavy atom. The van der Waals surface area contributed by atoms with Gasteiger partial charge < -0.3 is 11.1 Å². The summed E-state index contributed by atoms with van der Waals surface area (Å²) in [5.74, 6) is -0.302. The van der Waals surface area contributed by atoms with Crippen LogP contribution in [0.2, 0.25) is 5.02 Å². The number of hydrogen-bond donors (Lipinski definition) is 2. The number of carbonyl (C=O) groups excluding carboxylic acids is 1. The van der Waals surface area contributed by atoms with Gasteiger partial charge in [0, 0.05) is 23.5 Å². The zero-order valence-corrected chi connectivity index (χ0v) is 11.8. The highest BCUT2D eigenvalue weighted by Gasteiger charge is 2.12. The van der Waals surface area contributed by atoms with Gasteiger partial charge in [-0.2, -0.15) is 0 Å². The Labute approximate surface area is 126 Å². The average molecular weight is 298 g/mol. The molecule has 0 aliphatic rings. The Kier molecular flexibility index (Phi) is 3.46. The molecule has 104 valence electrons. The van der Waals surface area contributed by atoms with Crippen LogP contribution < -0.4 is 11.1 Å². The minimum atomic E-state index is -0.302. The van der Waals surface area contributed by atoms with Crippen LogP contribution in [-0.2, 0) is 0 Å². The molecule has 0 aliphatic heterocycles. The summed E-state index contributed by atoms with van der Waals surface area (Å²) in [5, 5.41) is 5.08. The molecule has 21 heavy (non-hydrogen) atoms. The third kappa shape index (κ3) is 2.66. The second-order valence-electron chi connectivity index (χ2n) is 4.60. The minimum Gasteiger partial charge on any atom is -0.399 e. The number of rotatable bonds is 2. The molecule has 1 aromatic heterocycles. The van der Waals surface area contributed by atoms with Gasteiger partial charge in [-0.3, -0.25) is 9.78 Å². The second kappa shape index (κ2) is 5.42.